The van der Waals surface area contributed by atoms with Crippen LogP contribution in [0.4, 0.5) is 4.39 Å². The molecule has 6 nitrogen and oxygen atoms in total. The number of carboxylic acids is 1. The van der Waals surface area contributed by atoms with E-state index in [2.05, 4.69) is 10.1 Å². The van der Waals surface area contributed by atoms with Gasteiger partial charge in [-0.1, -0.05) is 0 Å². The highest BCUT2D eigenvalue weighted by Crippen LogP contribution is 2.13. The molecule has 7 heteroatoms. The molecule has 2 aromatic heterocycles. The molecular weight excluding hydrogens is 277 g/mol. The first kappa shape index (κ1) is 13.0. The molecule has 3 aromatic rings. The number of aromatic nitrogens is 3. The molecule has 0 fully saturated rings. The van der Waals surface area contributed by atoms with E-state index in [-0.39, 0.29) is 18.0 Å². The van der Waals surface area contributed by atoms with Crippen LogP contribution in [0.5, 0.6) is 5.75 Å². The second-order valence-electron chi connectivity index (χ2n) is 4.30. The second kappa shape index (κ2) is 5.20. The predicted octanol–water partition coefficient (Wildman–Crippen LogP) is 2.15. The Balaban J connectivity index is 1.78. The number of fused-ring (bicyclic) bond motifs is 1. The molecule has 0 unspecified atom stereocenters. The maximum Gasteiger partial charge on any atom is 0.337 e. The van der Waals surface area contributed by atoms with Gasteiger partial charge in [0.05, 0.1) is 5.56 Å². The average Bonchev–Trinajstić information content (AvgIpc) is 2.88. The third kappa shape index (κ3) is 2.81. The van der Waals surface area contributed by atoms with Gasteiger partial charge in [-0.25, -0.2) is 18.7 Å². The van der Waals surface area contributed by atoms with Crippen molar-refractivity contribution in [3.05, 3.63) is 59.8 Å². The summed E-state index contributed by atoms with van der Waals surface area (Å²) in [6, 6.07) is 8.63. The molecule has 21 heavy (non-hydrogen) atoms. The smallest absolute Gasteiger partial charge is 0.337 e. The number of ether oxygens (including phenoxy) is 1. The van der Waals surface area contributed by atoms with Gasteiger partial charge in [0.25, 0.3) is 0 Å². The summed E-state index contributed by atoms with van der Waals surface area (Å²) in [6.07, 6.45) is 1.38. The lowest BCUT2D eigenvalue weighted by atomic mass is 10.3. The Kier molecular flexibility index (Phi) is 3.23. The van der Waals surface area contributed by atoms with Gasteiger partial charge in [-0.05, 0) is 36.4 Å². The summed E-state index contributed by atoms with van der Waals surface area (Å²) in [6.45, 7) is 0.107. The minimum absolute atomic E-state index is 0.107. The van der Waals surface area contributed by atoms with Gasteiger partial charge in [-0.3, -0.25) is 0 Å². The number of nitrogens with zero attached hydrogens (tertiary/aromatic N) is 3. The molecule has 1 N–H and O–H groups in total. The van der Waals surface area contributed by atoms with Crippen molar-refractivity contribution < 1.29 is 19.0 Å². The lowest BCUT2D eigenvalue weighted by Gasteiger charge is -2.02. The van der Waals surface area contributed by atoms with Gasteiger partial charge in [0, 0.05) is 6.20 Å². The van der Waals surface area contributed by atoms with Crippen LogP contribution < -0.4 is 4.74 Å². The third-order valence-electron chi connectivity index (χ3n) is 2.80. The van der Waals surface area contributed by atoms with Crippen LogP contribution in [0.3, 0.4) is 0 Å². The fourth-order valence-electron chi connectivity index (χ4n) is 1.80. The van der Waals surface area contributed by atoms with Gasteiger partial charge >= 0.3 is 5.97 Å². The zero-order valence-electron chi connectivity index (χ0n) is 10.7. The van der Waals surface area contributed by atoms with Crippen LogP contribution in [0.1, 0.15) is 16.2 Å². The van der Waals surface area contributed by atoms with Crippen LogP contribution >= 0.6 is 0 Å². The van der Waals surface area contributed by atoms with Gasteiger partial charge in [0.15, 0.2) is 11.5 Å². The maximum atomic E-state index is 12.8. The van der Waals surface area contributed by atoms with E-state index in [1.165, 1.54) is 41.0 Å². The van der Waals surface area contributed by atoms with E-state index in [1.807, 2.05) is 0 Å². The summed E-state index contributed by atoms with van der Waals surface area (Å²) in [4.78, 5) is 15.1. The number of hydrogen-bond acceptors (Lipinski definition) is 4. The fraction of sp³-hybridized carbons (Fsp3) is 0.0714. The highest BCUT2D eigenvalue weighted by Gasteiger charge is 2.08. The minimum Gasteiger partial charge on any atom is -0.486 e. The molecule has 0 saturated heterocycles. The van der Waals surface area contributed by atoms with Crippen molar-refractivity contribution in [3.63, 3.8) is 0 Å². The molecule has 106 valence electrons. The van der Waals surface area contributed by atoms with Crippen LogP contribution in [0.15, 0.2) is 42.6 Å². The van der Waals surface area contributed by atoms with E-state index in [1.54, 1.807) is 6.07 Å². The van der Waals surface area contributed by atoms with E-state index < -0.39 is 5.97 Å². The number of pyridine rings is 1. The van der Waals surface area contributed by atoms with Crippen molar-refractivity contribution in [3.8, 4) is 5.75 Å². The summed E-state index contributed by atoms with van der Waals surface area (Å²) in [5, 5.41) is 13.0. The number of benzene rings is 1. The first-order valence-electron chi connectivity index (χ1n) is 6.09. The zero-order chi connectivity index (χ0) is 14.8. The van der Waals surface area contributed by atoms with Crippen molar-refractivity contribution in [2.45, 2.75) is 6.61 Å². The second-order valence-corrected chi connectivity index (χ2v) is 4.30. The monoisotopic (exact) mass is 287 g/mol. The Morgan fingerprint density at radius 1 is 1.24 bits per heavy atom. The normalized spacial score (nSPS) is 10.7. The molecule has 2 heterocycles. The summed E-state index contributed by atoms with van der Waals surface area (Å²) >= 11 is 0. The fourth-order valence-corrected chi connectivity index (χ4v) is 1.80. The third-order valence-corrected chi connectivity index (χ3v) is 2.80. The molecule has 1 aromatic carbocycles. The molecule has 0 saturated carbocycles. The van der Waals surface area contributed by atoms with Gasteiger partial charge in [0.1, 0.15) is 18.2 Å². The minimum atomic E-state index is -1.03. The first-order valence-corrected chi connectivity index (χ1v) is 6.09. The number of aromatic carboxylic acids is 1. The molecule has 0 bridgehead atoms. The van der Waals surface area contributed by atoms with E-state index in [0.717, 1.165) is 0 Å². The number of rotatable bonds is 4. The quantitative estimate of drug-likeness (QED) is 0.795. The van der Waals surface area contributed by atoms with Gasteiger partial charge in [-0.15, -0.1) is 5.10 Å². The van der Waals surface area contributed by atoms with E-state index in [4.69, 9.17) is 9.84 Å². The number of carbonyl (C=O) groups is 1. The van der Waals surface area contributed by atoms with E-state index in [9.17, 15) is 9.18 Å². The lowest BCUT2D eigenvalue weighted by molar-refractivity contribution is 0.0696. The predicted molar refractivity (Wildman–Crippen MR) is 70.7 cm³/mol. The van der Waals surface area contributed by atoms with Crippen molar-refractivity contribution in [2.75, 3.05) is 0 Å². The molecule has 0 aliphatic heterocycles. The highest BCUT2D eigenvalue weighted by atomic mass is 19.1. The van der Waals surface area contributed by atoms with Gasteiger partial charge < -0.3 is 9.84 Å². The molecule has 0 aliphatic carbocycles. The van der Waals surface area contributed by atoms with Crippen molar-refractivity contribution in [2.24, 2.45) is 0 Å². The summed E-state index contributed by atoms with van der Waals surface area (Å²) < 4.78 is 19.6. The van der Waals surface area contributed by atoms with Crippen molar-refractivity contribution in [1.82, 2.24) is 14.6 Å². The van der Waals surface area contributed by atoms with Crippen LogP contribution in [0, 0.1) is 5.82 Å². The van der Waals surface area contributed by atoms with Crippen molar-refractivity contribution in [1.29, 1.82) is 0 Å². The number of halogens is 1. The Hall–Kier alpha value is -2.96. The lowest BCUT2D eigenvalue weighted by Crippen LogP contribution is -2.00. The SMILES string of the molecule is O=C(O)c1ccc2nc(COc3ccc(F)cc3)nn2c1. The molecule has 3 rings (SSSR count). The van der Waals surface area contributed by atoms with Crippen LogP contribution in [0.25, 0.3) is 5.65 Å². The standard InChI is InChI=1S/C14H10FN3O3/c15-10-2-4-11(5-3-10)21-8-12-16-13-6-1-9(14(19)20)7-18(13)17-12/h1-7H,8H2,(H,19,20). The molecule has 0 spiro atoms. The largest absolute Gasteiger partial charge is 0.486 e. The summed E-state index contributed by atoms with van der Waals surface area (Å²) in [5.74, 6) is -0.464. The topological polar surface area (TPSA) is 76.7 Å². The molecular formula is C14H10FN3O3. The van der Waals surface area contributed by atoms with Gasteiger partial charge in [0.2, 0.25) is 0 Å². The molecule has 0 amide bonds. The highest BCUT2D eigenvalue weighted by molar-refractivity contribution is 5.87. The summed E-state index contributed by atoms with van der Waals surface area (Å²) in [5.41, 5.74) is 0.649. The van der Waals surface area contributed by atoms with Gasteiger partial charge in [-0.2, -0.15) is 0 Å². The Morgan fingerprint density at radius 2 is 2.00 bits per heavy atom. The Morgan fingerprint density at radius 3 is 2.71 bits per heavy atom. The Labute approximate surface area is 118 Å². The van der Waals surface area contributed by atoms with Crippen molar-refractivity contribution >= 4 is 11.6 Å². The van der Waals surface area contributed by atoms with E-state index in [0.29, 0.717) is 17.2 Å². The summed E-state index contributed by atoms with van der Waals surface area (Å²) in [7, 11) is 0. The average molecular weight is 287 g/mol. The molecule has 0 atom stereocenters. The maximum absolute atomic E-state index is 12.8. The molecule has 0 radical (unpaired) electrons. The molecule has 0 aliphatic rings. The van der Waals surface area contributed by atoms with E-state index >= 15 is 0 Å². The Bertz CT molecular complexity index is 799. The van der Waals surface area contributed by atoms with Crippen LogP contribution in [-0.4, -0.2) is 25.7 Å². The zero-order valence-corrected chi connectivity index (χ0v) is 10.7. The number of hydrogen-bond donors (Lipinski definition) is 1. The van der Waals surface area contributed by atoms with Crippen LogP contribution in [0.2, 0.25) is 0 Å². The number of carboxylic acid groups (broad SMARTS) is 1. The van der Waals surface area contributed by atoms with Crippen LogP contribution in [-0.2, 0) is 6.61 Å². The first-order chi connectivity index (χ1) is 10.1.